The van der Waals surface area contributed by atoms with Gasteiger partial charge in [-0.25, -0.2) is 9.59 Å². The van der Waals surface area contributed by atoms with Gasteiger partial charge in [0.25, 0.3) is 5.56 Å². The average molecular weight is 932 g/mol. The highest BCUT2D eigenvalue weighted by Crippen LogP contribution is 2.35. The van der Waals surface area contributed by atoms with Crippen LogP contribution in [0.2, 0.25) is 0 Å². The second-order valence-corrected chi connectivity index (χ2v) is 16.1. The maximum absolute atomic E-state index is 13.6. The van der Waals surface area contributed by atoms with Crippen molar-refractivity contribution in [3.63, 3.8) is 0 Å². The smallest absolute Gasteiger partial charge is 0.408 e. The van der Waals surface area contributed by atoms with Gasteiger partial charge in [0, 0.05) is 39.1 Å². The second-order valence-electron chi connectivity index (χ2n) is 16.1. The molecule has 1 aromatic heterocycles. The van der Waals surface area contributed by atoms with Crippen LogP contribution in [0.15, 0.2) is 52.2 Å². The molecule has 5 N–H and O–H groups in total. The van der Waals surface area contributed by atoms with Gasteiger partial charge in [-0.15, -0.1) is 0 Å². The summed E-state index contributed by atoms with van der Waals surface area (Å²) in [4.78, 5) is 104. The molecule has 2 aromatic rings. The fourth-order valence-electron chi connectivity index (χ4n) is 7.42. The van der Waals surface area contributed by atoms with Crippen LogP contribution in [-0.2, 0) is 59.0 Å². The van der Waals surface area contributed by atoms with Crippen molar-refractivity contribution >= 4 is 35.9 Å². The van der Waals surface area contributed by atoms with Crippen molar-refractivity contribution in [2.24, 2.45) is 0 Å². The van der Waals surface area contributed by atoms with Crippen LogP contribution in [0.4, 0.5) is 4.79 Å². The van der Waals surface area contributed by atoms with E-state index >= 15 is 0 Å². The molecule has 1 aliphatic heterocycles. The number of nitrogens with one attached hydrogen (secondary N) is 4. The highest BCUT2D eigenvalue weighted by molar-refractivity contribution is 5.86. The monoisotopic (exact) mass is 931 g/mol. The van der Waals surface area contributed by atoms with Gasteiger partial charge in [-0.1, -0.05) is 101 Å². The Hall–Kier alpha value is -5.60. The van der Waals surface area contributed by atoms with Crippen molar-refractivity contribution in [2.45, 2.75) is 174 Å². The predicted octanol–water partition coefficient (Wildman–Crippen LogP) is 3.61. The summed E-state index contributed by atoms with van der Waals surface area (Å²) in [5.74, 6) is -3.85. The molecule has 1 fully saturated rings. The molecule has 20 nitrogen and oxygen atoms in total. The van der Waals surface area contributed by atoms with E-state index in [9.17, 15) is 43.5 Å². The minimum Gasteiger partial charge on any atom is -0.465 e. The van der Waals surface area contributed by atoms with E-state index in [1.807, 2.05) is 6.07 Å². The molecule has 8 atom stereocenters. The Balaban J connectivity index is 1.64. The summed E-state index contributed by atoms with van der Waals surface area (Å²) in [5.41, 5.74) is -0.976. The van der Waals surface area contributed by atoms with Crippen LogP contribution in [0.5, 0.6) is 0 Å². The number of benzene rings is 1. The number of unbranched alkanes of at least 4 members (excludes halogenated alkanes) is 10. The van der Waals surface area contributed by atoms with Gasteiger partial charge in [0.05, 0.1) is 6.61 Å². The van der Waals surface area contributed by atoms with Crippen LogP contribution in [0.25, 0.3) is 0 Å². The Morgan fingerprint density at radius 1 is 0.788 bits per heavy atom. The molecule has 1 aliphatic rings. The van der Waals surface area contributed by atoms with Gasteiger partial charge in [0.1, 0.15) is 37.0 Å². The summed E-state index contributed by atoms with van der Waals surface area (Å²) in [7, 11) is 0. The fraction of sp³-hybridized carbons (Fsp3) is 0.652. The van der Waals surface area contributed by atoms with Crippen molar-refractivity contribution in [1.29, 1.82) is 0 Å². The summed E-state index contributed by atoms with van der Waals surface area (Å²) >= 11 is 0. The Kier molecular flexibility index (Phi) is 24.7. The average Bonchev–Trinajstić information content (AvgIpc) is 3.60. The molecule has 0 saturated carbocycles. The van der Waals surface area contributed by atoms with Gasteiger partial charge in [-0.2, -0.15) is 0 Å². The zero-order valence-electron chi connectivity index (χ0n) is 38.8. The number of ether oxygens (including phenoxy) is 6. The molecule has 3 unspecified atom stereocenters. The Labute approximate surface area is 385 Å². The first-order valence-electron chi connectivity index (χ1n) is 23.0. The van der Waals surface area contributed by atoms with Crippen LogP contribution < -0.4 is 27.2 Å². The van der Waals surface area contributed by atoms with E-state index in [0.717, 1.165) is 49.9 Å². The van der Waals surface area contributed by atoms with Crippen LogP contribution in [-0.4, -0.2) is 113 Å². The lowest BCUT2D eigenvalue weighted by Gasteiger charge is -2.30. The van der Waals surface area contributed by atoms with E-state index in [4.69, 9.17) is 28.4 Å². The third-order valence-electron chi connectivity index (χ3n) is 10.7. The standard InChI is InChI=1S/C46H69N5O15/c1-6-8-9-10-11-12-13-14-15-16-20-24-35(55)63-30(3)36(50-46(60)62-29-33-22-18-17-19-23-33)42(57)48-27-21-26-47-37(44(58)61-7-2)38(56)39-40(64-31(4)52)41(65-32(5)53)43(66-39)51-28-25-34(54)49-45(51)59/h17-19,22-23,25,28,30,36-41,43,47,56H,6-16,20-21,24,26-27,29H2,1-5H3,(H,48,57)(H,50,60)(H,49,54,59)/t30?,36-,37?,38-,39?,40+,41+,43+/m0/s1. The number of carbonyl (C=O) groups excluding carboxylic acids is 6. The van der Waals surface area contributed by atoms with Crippen LogP contribution in [0.1, 0.15) is 130 Å². The molecular weight excluding hydrogens is 863 g/mol. The lowest BCUT2D eigenvalue weighted by molar-refractivity contribution is -0.168. The third kappa shape index (κ3) is 19.1. The van der Waals surface area contributed by atoms with Crippen molar-refractivity contribution in [3.8, 4) is 0 Å². The molecule has 0 spiro atoms. The molecule has 3 rings (SSSR count). The Morgan fingerprint density at radius 2 is 1.41 bits per heavy atom. The summed E-state index contributed by atoms with van der Waals surface area (Å²) < 4.78 is 33.8. The van der Waals surface area contributed by atoms with E-state index in [0.29, 0.717) is 12.0 Å². The highest BCUT2D eigenvalue weighted by atomic mass is 16.6. The first-order valence-corrected chi connectivity index (χ1v) is 23.0. The lowest BCUT2D eigenvalue weighted by Crippen LogP contribution is -2.56. The zero-order valence-corrected chi connectivity index (χ0v) is 38.8. The van der Waals surface area contributed by atoms with E-state index in [-0.39, 0.29) is 39.1 Å². The number of esters is 4. The molecule has 0 radical (unpaired) electrons. The molecule has 20 heteroatoms. The topological polar surface area (TPSA) is 269 Å². The molecule has 2 amide bonds. The summed E-state index contributed by atoms with van der Waals surface area (Å²) in [6.07, 6.45) is 3.58. The molecule has 2 heterocycles. The number of aliphatic hydroxyl groups is 1. The summed E-state index contributed by atoms with van der Waals surface area (Å²) in [6, 6.07) is 7.02. The van der Waals surface area contributed by atoms with Crippen molar-refractivity contribution in [3.05, 3.63) is 69.0 Å². The molecule has 368 valence electrons. The fourth-order valence-corrected chi connectivity index (χ4v) is 7.42. The Morgan fingerprint density at radius 3 is 2.02 bits per heavy atom. The highest BCUT2D eigenvalue weighted by Gasteiger charge is 2.55. The van der Waals surface area contributed by atoms with E-state index in [1.165, 1.54) is 51.9 Å². The quantitative estimate of drug-likeness (QED) is 0.0425. The van der Waals surface area contributed by atoms with Gasteiger partial charge >= 0.3 is 35.7 Å². The zero-order chi connectivity index (χ0) is 48.4. The first-order chi connectivity index (χ1) is 31.7. The number of amides is 2. The molecule has 1 aromatic carbocycles. The maximum atomic E-state index is 13.6. The van der Waals surface area contributed by atoms with Gasteiger partial charge in [0.2, 0.25) is 5.91 Å². The number of nitrogens with zero attached hydrogens (tertiary/aromatic N) is 1. The maximum Gasteiger partial charge on any atom is 0.408 e. The van der Waals surface area contributed by atoms with Crippen molar-refractivity contribution < 1.29 is 62.3 Å². The van der Waals surface area contributed by atoms with Gasteiger partial charge in [0.15, 0.2) is 18.4 Å². The number of rotatable bonds is 30. The van der Waals surface area contributed by atoms with E-state index in [1.54, 1.807) is 31.2 Å². The number of aliphatic hydroxyl groups excluding tert-OH is 1. The second kappa shape index (κ2) is 29.8. The normalized spacial score (nSPS) is 18.5. The molecule has 0 bridgehead atoms. The number of aromatic nitrogens is 2. The van der Waals surface area contributed by atoms with E-state index in [2.05, 4.69) is 27.9 Å². The molecule has 66 heavy (non-hydrogen) atoms. The van der Waals surface area contributed by atoms with Crippen LogP contribution >= 0.6 is 0 Å². The number of H-pyrrole nitrogens is 1. The largest absolute Gasteiger partial charge is 0.465 e. The van der Waals surface area contributed by atoms with Gasteiger partial charge in [-0.3, -0.25) is 38.3 Å². The van der Waals surface area contributed by atoms with Crippen LogP contribution in [0.3, 0.4) is 0 Å². The number of hydrogen-bond donors (Lipinski definition) is 5. The van der Waals surface area contributed by atoms with Gasteiger partial charge in [-0.05, 0) is 38.8 Å². The number of hydrogen-bond acceptors (Lipinski definition) is 16. The predicted molar refractivity (Wildman–Crippen MR) is 239 cm³/mol. The van der Waals surface area contributed by atoms with Gasteiger partial charge < -0.3 is 49.5 Å². The summed E-state index contributed by atoms with van der Waals surface area (Å²) in [6.45, 7) is 7.12. The number of aromatic amines is 1. The van der Waals surface area contributed by atoms with E-state index < -0.39 is 96.0 Å². The third-order valence-corrected chi connectivity index (χ3v) is 10.7. The minimum absolute atomic E-state index is 0.0319. The SMILES string of the molecule is CCCCCCCCCCCCCC(=O)OC(C)[C@H](NC(=O)OCc1ccccc1)C(=O)NCCCNC(C(=O)OCC)[C@H](O)C1O[C@@H](n2ccc(=O)[nH]c2=O)[C@H](OC(C)=O)[C@@H]1OC(C)=O. The lowest BCUT2D eigenvalue weighted by atomic mass is 9.98. The Bertz CT molecular complexity index is 1940. The van der Waals surface area contributed by atoms with Crippen LogP contribution in [0, 0.1) is 0 Å². The first kappa shape index (κ1) is 54.7. The van der Waals surface area contributed by atoms with Crippen molar-refractivity contribution in [2.75, 3.05) is 19.7 Å². The molecule has 0 aliphatic carbocycles. The molecular formula is C46H69N5O15. The summed E-state index contributed by atoms with van der Waals surface area (Å²) in [5, 5.41) is 19.8. The minimum atomic E-state index is -1.86. The van der Waals surface area contributed by atoms with Crippen molar-refractivity contribution in [1.82, 2.24) is 25.5 Å². The molecule has 1 saturated heterocycles. The number of carbonyl (C=O) groups is 6. The number of alkyl carbamates (subject to hydrolysis) is 1.